The second-order valence-electron chi connectivity index (χ2n) is 7.42. The van der Waals surface area contributed by atoms with Crippen LogP contribution in [0, 0.1) is 0 Å². The van der Waals surface area contributed by atoms with E-state index in [-0.39, 0.29) is 5.56 Å². The molecule has 0 spiro atoms. The molecule has 0 saturated heterocycles. The van der Waals surface area contributed by atoms with Crippen LogP contribution in [0.15, 0.2) is 59.7 Å². The van der Waals surface area contributed by atoms with Crippen LogP contribution in [0.3, 0.4) is 0 Å². The average Bonchev–Trinajstić information content (AvgIpc) is 3.06. The zero-order valence-electron chi connectivity index (χ0n) is 16.2. The Morgan fingerprint density at radius 3 is 2.83 bits per heavy atom. The second kappa shape index (κ2) is 6.97. The zero-order chi connectivity index (χ0) is 20.0. The molecule has 29 heavy (non-hydrogen) atoms. The molecule has 3 aromatic heterocycles. The molecule has 0 aliphatic carbocycles. The molecule has 6 heteroatoms. The Kier molecular flexibility index (Phi) is 4.28. The van der Waals surface area contributed by atoms with Crippen molar-refractivity contribution >= 4 is 10.9 Å². The zero-order valence-corrected chi connectivity index (χ0v) is 16.2. The van der Waals surface area contributed by atoms with Crippen LogP contribution in [0.1, 0.15) is 16.8 Å². The maximum atomic E-state index is 12.8. The molecule has 1 N–H and O–H groups in total. The number of nitrogens with one attached hydrogen (secondary N) is 1. The van der Waals surface area contributed by atoms with E-state index in [0.29, 0.717) is 11.3 Å². The van der Waals surface area contributed by atoms with Crippen LogP contribution < -0.4 is 10.9 Å². The van der Waals surface area contributed by atoms with Gasteiger partial charge in [-0.1, -0.05) is 12.1 Å². The molecule has 0 bridgehead atoms. The van der Waals surface area contributed by atoms with Crippen LogP contribution in [0.5, 0.6) is 0 Å². The highest BCUT2D eigenvalue weighted by atomic mass is 19.1. The van der Waals surface area contributed by atoms with Gasteiger partial charge in [-0.25, -0.2) is 4.39 Å². The minimum atomic E-state index is -0.546. The Morgan fingerprint density at radius 1 is 1.17 bits per heavy atom. The number of aryl methyl sites for hydroxylation is 1. The number of alkyl halides is 1. The van der Waals surface area contributed by atoms with Gasteiger partial charge in [0.2, 0.25) is 0 Å². The maximum Gasteiger partial charge on any atom is 0.255 e. The fraction of sp³-hybridized carbons (Fsp3) is 0.217. The predicted octanol–water partition coefficient (Wildman–Crippen LogP) is 3.51. The number of halogens is 1. The monoisotopic (exact) mass is 388 g/mol. The van der Waals surface area contributed by atoms with Crippen molar-refractivity contribution in [3.63, 3.8) is 0 Å². The smallest absolute Gasteiger partial charge is 0.255 e. The summed E-state index contributed by atoms with van der Waals surface area (Å²) < 4.78 is 16.6. The van der Waals surface area contributed by atoms with Crippen molar-refractivity contribution < 1.29 is 4.39 Å². The lowest BCUT2D eigenvalue weighted by molar-refractivity contribution is 0.484. The normalized spacial score (nSPS) is 13.6. The number of benzene rings is 1. The minimum absolute atomic E-state index is 0.126. The van der Waals surface area contributed by atoms with E-state index >= 15 is 0 Å². The van der Waals surface area contributed by atoms with Gasteiger partial charge in [-0.2, -0.15) is 0 Å². The van der Waals surface area contributed by atoms with E-state index in [1.165, 1.54) is 22.8 Å². The van der Waals surface area contributed by atoms with Crippen LogP contribution in [0.2, 0.25) is 0 Å². The van der Waals surface area contributed by atoms with Crippen LogP contribution in [-0.2, 0) is 26.7 Å². The molecule has 146 valence electrons. The van der Waals surface area contributed by atoms with Gasteiger partial charge in [-0.15, -0.1) is 0 Å². The summed E-state index contributed by atoms with van der Waals surface area (Å²) in [6, 6.07) is 13.0. The number of fused-ring (bicyclic) bond motifs is 3. The summed E-state index contributed by atoms with van der Waals surface area (Å²) in [6.07, 6.45) is 4.29. The topological polar surface area (TPSA) is 51.9 Å². The predicted molar refractivity (Wildman–Crippen MR) is 112 cm³/mol. The van der Waals surface area contributed by atoms with Crippen molar-refractivity contribution in [3.05, 3.63) is 82.0 Å². The molecule has 1 aromatic carbocycles. The molecule has 1 aliphatic heterocycles. The van der Waals surface area contributed by atoms with Crippen molar-refractivity contribution in [1.29, 1.82) is 0 Å². The van der Waals surface area contributed by atoms with Gasteiger partial charge in [0.1, 0.15) is 6.67 Å². The first-order valence-corrected chi connectivity index (χ1v) is 9.71. The van der Waals surface area contributed by atoms with E-state index in [4.69, 9.17) is 0 Å². The highest BCUT2D eigenvalue weighted by Crippen LogP contribution is 2.29. The lowest BCUT2D eigenvalue weighted by atomic mass is 10.1. The Morgan fingerprint density at radius 2 is 2.07 bits per heavy atom. The first-order valence-electron chi connectivity index (χ1n) is 9.71. The van der Waals surface area contributed by atoms with Gasteiger partial charge >= 0.3 is 0 Å². The molecule has 0 unspecified atom stereocenters. The molecule has 0 atom stereocenters. The van der Waals surface area contributed by atoms with E-state index in [9.17, 15) is 9.18 Å². The number of nitrogens with zero attached hydrogens (tertiary/aromatic N) is 3. The largest absolute Gasteiger partial charge is 0.347 e. The Hall–Kier alpha value is -3.25. The lowest BCUT2D eigenvalue weighted by Crippen LogP contribution is -2.24. The molecule has 4 aromatic rings. The Balaban J connectivity index is 1.56. The van der Waals surface area contributed by atoms with E-state index in [1.54, 1.807) is 29.0 Å². The summed E-state index contributed by atoms with van der Waals surface area (Å²) in [6.45, 7) is 1.33. The minimum Gasteiger partial charge on any atom is -0.347 e. The first-order chi connectivity index (χ1) is 14.2. The number of pyridine rings is 2. The van der Waals surface area contributed by atoms with E-state index in [1.807, 2.05) is 12.1 Å². The van der Waals surface area contributed by atoms with Gasteiger partial charge in [0.25, 0.3) is 5.56 Å². The Bertz CT molecular complexity index is 1270. The SMILES string of the molecule is Cn1c2c(c3ccc(-n4ccc(-c5ccc(CF)cn5)cc4=O)cc31)CNCC2. The molecule has 4 heterocycles. The fourth-order valence-corrected chi connectivity index (χ4v) is 4.17. The number of hydrogen-bond donors (Lipinski definition) is 1. The quantitative estimate of drug-likeness (QED) is 0.584. The summed E-state index contributed by atoms with van der Waals surface area (Å²) in [5.74, 6) is 0. The molecule has 0 amide bonds. The number of aromatic nitrogens is 3. The summed E-state index contributed by atoms with van der Waals surface area (Å²) >= 11 is 0. The third kappa shape index (κ3) is 2.96. The van der Waals surface area contributed by atoms with Crippen molar-refractivity contribution in [2.24, 2.45) is 7.05 Å². The highest BCUT2D eigenvalue weighted by molar-refractivity contribution is 5.87. The van der Waals surface area contributed by atoms with E-state index in [0.717, 1.165) is 36.3 Å². The van der Waals surface area contributed by atoms with Gasteiger partial charge in [-0.3, -0.25) is 14.3 Å². The highest BCUT2D eigenvalue weighted by Gasteiger charge is 2.18. The molecule has 1 aliphatic rings. The molecule has 0 saturated carbocycles. The van der Waals surface area contributed by atoms with Crippen LogP contribution >= 0.6 is 0 Å². The summed E-state index contributed by atoms with van der Waals surface area (Å²) in [5.41, 5.74) is 6.46. The molecule has 0 radical (unpaired) electrons. The average molecular weight is 388 g/mol. The third-order valence-corrected chi connectivity index (χ3v) is 5.73. The van der Waals surface area contributed by atoms with E-state index < -0.39 is 6.67 Å². The fourth-order valence-electron chi connectivity index (χ4n) is 4.17. The van der Waals surface area contributed by atoms with E-state index in [2.05, 4.69) is 34.0 Å². The number of rotatable bonds is 3. The molecule has 5 rings (SSSR count). The van der Waals surface area contributed by atoms with Gasteiger partial charge in [0.05, 0.1) is 16.9 Å². The van der Waals surface area contributed by atoms with Crippen molar-refractivity contribution in [1.82, 2.24) is 19.4 Å². The molecule has 0 fully saturated rings. The number of hydrogen-bond acceptors (Lipinski definition) is 3. The summed E-state index contributed by atoms with van der Waals surface area (Å²) in [4.78, 5) is 17.1. The second-order valence-corrected chi connectivity index (χ2v) is 7.42. The third-order valence-electron chi connectivity index (χ3n) is 5.73. The molecule has 5 nitrogen and oxygen atoms in total. The lowest BCUT2D eigenvalue weighted by Gasteiger charge is -2.14. The van der Waals surface area contributed by atoms with Crippen LogP contribution in [-0.4, -0.2) is 20.7 Å². The summed E-state index contributed by atoms with van der Waals surface area (Å²) in [7, 11) is 2.09. The standard InChI is InChI=1S/C23H21FN4O/c1-27-21-6-8-25-14-19(21)18-4-3-17(11-22(18)27)28-9-7-16(10-23(28)29)20-5-2-15(12-24)13-26-20/h2-5,7,9-11,13,25H,6,8,12,14H2,1H3. The van der Waals surface area contributed by atoms with Crippen LogP contribution in [0.4, 0.5) is 4.39 Å². The van der Waals surface area contributed by atoms with Gasteiger partial charge in [0, 0.05) is 67.2 Å². The van der Waals surface area contributed by atoms with Crippen LogP contribution in [0.25, 0.3) is 27.8 Å². The van der Waals surface area contributed by atoms with Crippen molar-refractivity contribution in [2.75, 3.05) is 6.54 Å². The first kappa shape index (κ1) is 17.8. The Labute approximate surface area is 167 Å². The van der Waals surface area contributed by atoms with Gasteiger partial charge in [-0.05, 0) is 29.8 Å². The van der Waals surface area contributed by atoms with Crippen molar-refractivity contribution in [2.45, 2.75) is 19.6 Å². The van der Waals surface area contributed by atoms with Gasteiger partial charge in [0.15, 0.2) is 0 Å². The van der Waals surface area contributed by atoms with Crippen molar-refractivity contribution in [3.8, 4) is 16.9 Å². The molecular formula is C23H21FN4O. The molecular weight excluding hydrogens is 367 g/mol. The van der Waals surface area contributed by atoms with Gasteiger partial charge < -0.3 is 9.88 Å². The summed E-state index contributed by atoms with van der Waals surface area (Å²) in [5, 5.41) is 4.67. The maximum absolute atomic E-state index is 12.8.